The average molecular weight is 368 g/mol. The first-order valence-corrected chi connectivity index (χ1v) is 9.37. The molecule has 0 atom stereocenters. The van der Waals surface area contributed by atoms with Crippen LogP contribution in [0.25, 0.3) is 22.1 Å². The van der Waals surface area contributed by atoms with Crippen LogP contribution in [0, 0.1) is 6.92 Å². The first-order chi connectivity index (χ1) is 13.1. The van der Waals surface area contributed by atoms with Crippen molar-refractivity contribution in [3.8, 4) is 11.5 Å². The van der Waals surface area contributed by atoms with E-state index in [4.69, 9.17) is 5.11 Å². The number of aryl methyl sites for hydroxylation is 2. The molecule has 0 aliphatic carbocycles. The van der Waals surface area contributed by atoms with Gasteiger partial charge in [-0.2, -0.15) is 0 Å². The Hall–Kier alpha value is -3.02. The molecular formula is C21H28N4O2. The number of para-hydroxylation sites is 1. The normalized spacial score (nSPS) is 10.2. The molecule has 0 bridgehead atoms. The van der Waals surface area contributed by atoms with Crippen molar-refractivity contribution >= 4 is 22.1 Å². The Balaban J connectivity index is 0.000000189. The van der Waals surface area contributed by atoms with Gasteiger partial charge in [-0.05, 0) is 37.6 Å². The van der Waals surface area contributed by atoms with Crippen molar-refractivity contribution in [2.45, 2.75) is 47.1 Å². The van der Waals surface area contributed by atoms with E-state index in [0.717, 1.165) is 47.3 Å². The molecule has 27 heavy (non-hydrogen) atoms. The zero-order valence-electron chi connectivity index (χ0n) is 16.4. The Labute approximate surface area is 159 Å². The Morgan fingerprint density at radius 2 is 1.85 bits per heavy atom. The number of aromatic hydroxyl groups is 2. The molecule has 6 nitrogen and oxygen atoms in total. The number of nitrogens with zero attached hydrogens (tertiary/aromatic N) is 3. The van der Waals surface area contributed by atoms with Gasteiger partial charge in [-0.15, -0.1) is 0 Å². The number of H-pyrrole nitrogens is 1. The highest BCUT2D eigenvalue weighted by Crippen LogP contribution is 2.25. The summed E-state index contributed by atoms with van der Waals surface area (Å²) < 4.78 is 2.09. The fourth-order valence-electron chi connectivity index (χ4n) is 2.80. The van der Waals surface area contributed by atoms with Crippen molar-refractivity contribution in [2.75, 3.05) is 0 Å². The molecule has 0 fully saturated rings. The summed E-state index contributed by atoms with van der Waals surface area (Å²) >= 11 is 0. The minimum atomic E-state index is 0.261. The first kappa shape index (κ1) is 20.3. The van der Waals surface area contributed by atoms with Crippen LogP contribution in [0.15, 0.2) is 42.7 Å². The van der Waals surface area contributed by atoms with Crippen LogP contribution >= 0.6 is 0 Å². The molecule has 0 radical (unpaired) electrons. The number of aromatic amines is 1. The number of unbranched alkanes of at least 4 members (excludes halogenated alkanes) is 1. The zero-order valence-corrected chi connectivity index (χ0v) is 16.4. The molecule has 0 amide bonds. The monoisotopic (exact) mass is 368 g/mol. The molecule has 144 valence electrons. The second-order valence-corrected chi connectivity index (χ2v) is 5.91. The molecule has 2 heterocycles. The van der Waals surface area contributed by atoms with Crippen LogP contribution in [0.3, 0.4) is 0 Å². The maximum Gasteiger partial charge on any atom is 0.141 e. The molecular weight excluding hydrogens is 340 g/mol. The third kappa shape index (κ3) is 4.78. The quantitative estimate of drug-likeness (QED) is 0.467. The number of phenols is 2. The molecule has 0 aliphatic rings. The van der Waals surface area contributed by atoms with Crippen molar-refractivity contribution in [1.29, 1.82) is 0 Å². The summed E-state index contributed by atoms with van der Waals surface area (Å²) in [5.41, 5.74) is 3.48. The van der Waals surface area contributed by atoms with E-state index in [1.807, 2.05) is 32.9 Å². The van der Waals surface area contributed by atoms with Crippen LogP contribution in [0.2, 0.25) is 0 Å². The van der Waals surface area contributed by atoms with Crippen molar-refractivity contribution in [2.24, 2.45) is 0 Å². The van der Waals surface area contributed by atoms with E-state index in [1.165, 1.54) is 0 Å². The van der Waals surface area contributed by atoms with Crippen LogP contribution in [-0.2, 0) is 6.54 Å². The number of nitrogens with one attached hydrogen (secondary N) is 1. The van der Waals surface area contributed by atoms with E-state index in [9.17, 15) is 5.11 Å². The molecule has 0 unspecified atom stereocenters. The lowest BCUT2D eigenvalue weighted by Crippen LogP contribution is -1.99. The molecule has 0 saturated carbocycles. The summed E-state index contributed by atoms with van der Waals surface area (Å²) in [5, 5.41) is 18.8. The molecule has 0 spiro atoms. The van der Waals surface area contributed by atoms with Crippen LogP contribution in [0.4, 0.5) is 0 Å². The van der Waals surface area contributed by atoms with Gasteiger partial charge in [0.05, 0.1) is 22.9 Å². The van der Waals surface area contributed by atoms with Gasteiger partial charge in [-0.3, -0.25) is 0 Å². The third-order valence-electron chi connectivity index (χ3n) is 4.08. The summed E-state index contributed by atoms with van der Waals surface area (Å²) in [5.74, 6) is 1.56. The topological polar surface area (TPSA) is 87.0 Å². The number of hydrogen-bond acceptors (Lipinski definition) is 4. The Morgan fingerprint density at radius 1 is 1.07 bits per heavy atom. The van der Waals surface area contributed by atoms with Gasteiger partial charge < -0.3 is 19.8 Å². The number of aromatic nitrogens is 4. The second-order valence-electron chi connectivity index (χ2n) is 5.91. The fraction of sp³-hybridized carbons (Fsp3) is 0.333. The summed E-state index contributed by atoms with van der Waals surface area (Å²) in [6, 6.07) is 10.5. The maximum atomic E-state index is 9.80. The molecule has 0 aliphatic heterocycles. The molecule has 4 rings (SSSR count). The van der Waals surface area contributed by atoms with Crippen molar-refractivity contribution in [1.82, 2.24) is 19.5 Å². The van der Waals surface area contributed by atoms with Crippen LogP contribution in [-0.4, -0.2) is 29.7 Å². The highest BCUT2D eigenvalue weighted by atomic mass is 16.3. The van der Waals surface area contributed by atoms with Crippen LogP contribution in [0.1, 0.15) is 39.4 Å². The molecule has 2 aromatic carbocycles. The molecule has 2 aromatic heterocycles. The lowest BCUT2D eigenvalue weighted by atomic mass is 10.3. The number of rotatable bonds is 3. The highest BCUT2D eigenvalue weighted by Gasteiger charge is 2.09. The summed E-state index contributed by atoms with van der Waals surface area (Å²) in [6.07, 6.45) is 3.86. The minimum absolute atomic E-state index is 0.261. The van der Waals surface area contributed by atoms with Crippen LogP contribution in [0.5, 0.6) is 11.5 Å². The van der Waals surface area contributed by atoms with Gasteiger partial charge in [-0.25, -0.2) is 9.97 Å². The smallest absolute Gasteiger partial charge is 0.141 e. The summed E-state index contributed by atoms with van der Waals surface area (Å²) in [7, 11) is 0. The van der Waals surface area contributed by atoms with Crippen molar-refractivity contribution < 1.29 is 10.2 Å². The van der Waals surface area contributed by atoms with Gasteiger partial charge in [0.2, 0.25) is 0 Å². The SMILES string of the molecule is CC.CCCCn1c(C)nc2cccc(O)c21.Oc1ccc2nc[nH]c2c1. The Kier molecular flexibility index (Phi) is 7.23. The zero-order chi connectivity index (χ0) is 19.8. The lowest BCUT2D eigenvalue weighted by Gasteiger charge is -2.06. The molecule has 6 heteroatoms. The predicted octanol–water partition coefficient (Wildman–Crippen LogP) is 5.15. The van der Waals surface area contributed by atoms with Gasteiger partial charge in [0.15, 0.2) is 0 Å². The average Bonchev–Trinajstić information content (AvgIpc) is 3.26. The fourth-order valence-corrected chi connectivity index (χ4v) is 2.80. The van der Waals surface area contributed by atoms with Gasteiger partial charge >= 0.3 is 0 Å². The van der Waals surface area contributed by atoms with E-state index in [0.29, 0.717) is 5.75 Å². The maximum absolute atomic E-state index is 9.80. The third-order valence-corrected chi connectivity index (χ3v) is 4.08. The number of imidazole rings is 2. The van der Waals surface area contributed by atoms with E-state index >= 15 is 0 Å². The Morgan fingerprint density at radius 3 is 2.59 bits per heavy atom. The summed E-state index contributed by atoms with van der Waals surface area (Å²) in [4.78, 5) is 11.3. The number of fused-ring (bicyclic) bond motifs is 2. The van der Waals surface area contributed by atoms with E-state index < -0.39 is 0 Å². The van der Waals surface area contributed by atoms with Crippen molar-refractivity contribution in [3.05, 3.63) is 48.5 Å². The minimum Gasteiger partial charge on any atom is -0.508 e. The van der Waals surface area contributed by atoms with Crippen LogP contribution < -0.4 is 0 Å². The predicted molar refractivity (Wildman–Crippen MR) is 110 cm³/mol. The standard InChI is InChI=1S/C12H16N2O.C7H6N2O.C2H6/c1-3-4-8-14-9(2)13-10-6-5-7-11(15)12(10)14;10-5-1-2-6-7(3-5)9-4-8-6;1-2/h5-7,15H,3-4,8H2,1-2H3;1-4,10H,(H,8,9);1-2H3. The lowest BCUT2D eigenvalue weighted by molar-refractivity contribution is 0.475. The van der Waals surface area contributed by atoms with Gasteiger partial charge in [-0.1, -0.05) is 33.3 Å². The molecule has 0 saturated heterocycles. The number of hydrogen-bond donors (Lipinski definition) is 3. The first-order valence-electron chi connectivity index (χ1n) is 9.37. The van der Waals surface area contributed by atoms with Gasteiger partial charge in [0.1, 0.15) is 22.8 Å². The summed E-state index contributed by atoms with van der Waals surface area (Å²) in [6.45, 7) is 9.07. The van der Waals surface area contributed by atoms with Gasteiger partial charge in [0, 0.05) is 12.6 Å². The van der Waals surface area contributed by atoms with Gasteiger partial charge in [0.25, 0.3) is 0 Å². The number of phenolic OH excluding ortho intramolecular Hbond substituents is 2. The van der Waals surface area contributed by atoms with E-state index in [1.54, 1.807) is 30.6 Å². The molecule has 4 aromatic rings. The second kappa shape index (κ2) is 9.62. The Bertz CT molecular complexity index is 988. The van der Waals surface area contributed by atoms with E-state index in [-0.39, 0.29) is 5.75 Å². The largest absolute Gasteiger partial charge is 0.508 e. The number of benzene rings is 2. The highest BCUT2D eigenvalue weighted by molar-refractivity contribution is 5.82. The van der Waals surface area contributed by atoms with E-state index in [2.05, 4.69) is 26.4 Å². The molecule has 3 N–H and O–H groups in total. The van der Waals surface area contributed by atoms with Crippen molar-refractivity contribution in [3.63, 3.8) is 0 Å².